The molecule has 1 aliphatic heterocycles. The van der Waals surface area contributed by atoms with Gasteiger partial charge < -0.3 is 5.32 Å². The molecule has 3 rings (SSSR count). The highest BCUT2D eigenvalue weighted by Gasteiger charge is 2.18. The Balaban J connectivity index is 0.00000108. The largest absolute Gasteiger partial charge is 0.309 e. The zero-order valence-electron chi connectivity index (χ0n) is 9.52. The lowest BCUT2D eigenvalue weighted by Gasteiger charge is -2.05. The Hall–Kier alpha value is -1.32. The first-order valence-electron chi connectivity index (χ1n) is 5.77. The molecule has 1 aliphatic rings. The van der Waals surface area contributed by atoms with Crippen molar-refractivity contribution in [3.05, 3.63) is 42.1 Å². The number of benzene rings is 1. The summed E-state index contributed by atoms with van der Waals surface area (Å²) in [4.78, 5) is 0. The van der Waals surface area contributed by atoms with Gasteiger partial charge in [-0.3, -0.25) is 5.10 Å². The summed E-state index contributed by atoms with van der Waals surface area (Å²) in [5.41, 5.74) is 3.41. The van der Waals surface area contributed by atoms with E-state index in [2.05, 4.69) is 33.7 Å². The fraction of sp³-hybridized carbons (Fsp3) is 0.308. The van der Waals surface area contributed by atoms with Crippen molar-refractivity contribution in [2.45, 2.75) is 18.9 Å². The minimum atomic E-state index is 0. The van der Waals surface area contributed by atoms with Crippen LogP contribution in [-0.4, -0.2) is 16.7 Å². The van der Waals surface area contributed by atoms with Crippen molar-refractivity contribution in [1.29, 1.82) is 0 Å². The van der Waals surface area contributed by atoms with E-state index in [1.165, 1.54) is 24.1 Å². The summed E-state index contributed by atoms with van der Waals surface area (Å²) < 4.78 is 0. The third-order valence-corrected chi connectivity index (χ3v) is 3.10. The SMILES string of the molecule is Cl.c1ccc(-c2cc(C3CCCN3)[nH]n2)cc1. The third-order valence-electron chi connectivity index (χ3n) is 3.10. The minimum absolute atomic E-state index is 0. The molecule has 1 aromatic carbocycles. The van der Waals surface area contributed by atoms with Crippen molar-refractivity contribution in [3.63, 3.8) is 0 Å². The van der Waals surface area contributed by atoms with Crippen LogP contribution in [0.2, 0.25) is 0 Å². The highest BCUT2D eigenvalue weighted by atomic mass is 35.5. The van der Waals surface area contributed by atoms with Gasteiger partial charge in [0.15, 0.2) is 0 Å². The van der Waals surface area contributed by atoms with Gasteiger partial charge in [-0.2, -0.15) is 5.10 Å². The molecule has 3 nitrogen and oxygen atoms in total. The molecule has 0 saturated carbocycles. The van der Waals surface area contributed by atoms with Gasteiger partial charge in [0.1, 0.15) is 0 Å². The molecule has 1 atom stereocenters. The standard InChI is InChI=1S/C13H15N3.ClH/c1-2-5-10(6-3-1)12-9-13(16-15-12)11-7-4-8-14-11;/h1-3,5-6,9,11,14H,4,7-8H2,(H,15,16);1H. The third kappa shape index (κ3) is 2.51. The average Bonchev–Trinajstić information content (AvgIpc) is 3.01. The second-order valence-corrected chi connectivity index (χ2v) is 4.22. The molecule has 4 heteroatoms. The monoisotopic (exact) mass is 249 g/mol. The predicted octanol–water partition coefficient (Wildman–Crippen LogP) is 2.92. The van der Waals surface area contributed by atoms with E-state index < -0.39 is 0 Å². The average molecular weight is 250 g/mol. The first kappa shape index (κ1) is 12.1. The molecule has 1 fully saturated rings. The Labute approximate surface area is 107 Å². The van der Waals surface area contributed by atoms with Crippen LogP contribution in [0.25, 0.3) is 11.3 Å². The molecule has 2 N–H and O–H groups in total. The molecular weight excluding hydrogens is 234 g/mol. The highest BCUT2D eigenvalue weighted by Crippen LogP contribution is 2.25. The lowest BCUT2D eigenvalue weighted by atomic mass is 10.1. The highest BCUT2D eigenvalue weighted by molar-refractivity contribution is 5.85. The Morgan fingerprint density at radius 3 is 2.71 bits per heavy atom. The van der Waals surface area contributed by atoms with E-state index in [1.54, 1.807) is 0 Å². The van der Waals surface area contributed by atoms with Gasteiger partial charge in [0.2, 0.25) is 0 Å². The van der Waals surface area contributed by atoms with E-state index in [1.807, 2.05) is 18.2 Å². The molecule has 0 radical (unpaired) electrons. The van der Waals surface area contributed by atoms with Crippen molar-refractivity contribution < 1.29 is 0 Å². The molecule has 17 heavy (non-hydrogen) atoms. The van der Waals surface area contributed by atoms with Crippen LogP contribution in [0.3, 0.4) is 0 Å². The Kier molecular flexibility index (Phi) is 3.82. The van der Waals surface area contributed by atoms with Gasteiger partial charge in [-0.05, 0) is 25.5 Å². The molecule has 90 valence electrons. The maximum Gasteiger partial charge on any atom is 0.0924 e. The van der Waals surface area contributed by atoms with Crippen LogP contribution < -0.4 is 5.32 Å². The number of nitrogens with one attached hydrogen (secondary N) is 2. The number of halogens is 1. The summed E-state index contributed by atoms with van der Waals surface area (Å²) in [6, 6.07) is 12.9. The summed E-state index contributed by atoms with van der Waals surface area (Å²) in [6.45, 7) is 1.12. The maximum atomic E-state index is 4.37. The van der Waals surface area contributed by atoms with E-state index >= 15 is 0 Å². The lowest BCUT2D eigenvalue weighted by molar-refractivity contribution is 0.625. The summed E-state index contributed by atoms with van der Waals surface area (Å²) in [5, 5.41) is 11.0. The molecule has 0 bridgehead atoms. The molecule has 2 aromatic rings. The van der Waals surface area contributed by atoms with E-state index in [9.17, 15) is 0 Å². The van der Waals surface area contributed by atoms with Crippen LogP contribution in [0.5, 0.6) is 0 Å². The topological polar surface area (TPSA) is 40.7 Å². The molecule has 2 heterocycles. The normalized spacial score (nSPS) is 18.9. The van der Waals surface area contributed by atoms with Gasteiger partial charge in [0.05, 0.1) is 11.4 Å². The number of H-pyrrole nitrogens is 1. The first-order chi connectivity index (χ1) is 7.93. The molecular formula is C13H16ClN3. The fourth-order valence-corrected chi connectivity index (χ4v) is 2.22. The number of nitrogens with zero attached hydrogens (tertiary/aromatic N) is 1. The lowest BCUT2D eigenvalue weighted by Crippen LogP contribution is -2.12. The second-order valence-electron chi connectivity index (χ2n) is 4.22. The number of hydrogen-bond donors (Lipinski definition) is 2. The van der Waals surface area contributed by atoms with Crippen LogP contribution in [0.4, 0.5) is 0 Å². The summed E-state index contributed by atoms with van der Waals surface area (Å²) in [7, 11) is 0. The summed E-state index contributed by atoms with van der Waals surface area (Å²) in [6.07, 6.45) is 2.46. The fourth-order valence-electron chi connectivity index (χ4n) is 2.22. The van der Waals surface area contributed by atoms with Crippen LogP contribution in [0.1, 0.15) is 24.6 Å². The predicted molar refractivity (Wildman–Crippen MR) is 71.2 cm³/mol. The Morgan fingerprint density at radius 2 is 2.00 bits per heavy atom. The van der Waals surface area contributed by atoms with E-state index in [-0.39, 0.29) is 12.4 Å². The van der Waals surface area contributed by atoms with E-state index in [0.29, 0.717) is 6.04 Å². The van der Waals surface area contributed by atoms with Gasteiger partial charge in [0.25, 0.3) is 0 Å². The van der Waals surface area contributed by atoms with Gasteiger partial charge in [-0.25, -0.2) is 0 Å². The number of aromatic nitrogens is 2. The summed E-state index contributed by atoms with van der Waals surface area (Å²) >= 11 is 0. The molecule has 0 amide bonds. The van der Waals surface area contributed by atoms with Crippen LogP contribution >= 0.6 is 12.4 Å². The quantitative estimate of drug-likeness (QED) is 0.859. The Bertz CT molecular complexity index is 461. The molecule has 0 spiro atoms. The zero-order chi connectivity index (χ0) is 10.8. The van der Waals surface area contributed by atoms with Crippen LogP contribution in [0.15, 0.2) is 36.4 Å². The second kappa shape index (κ2) is 5.34. The van der Waals surface area contributed by atoms with Crippen molar-refractivity contribution in [3.8, 4) is 11.3 Å². The van der Waals surface area contributed by atoms with Crippen LogP contribution in [0, 0.1) is 0 Å². The van der Waals surface area contributed by atoms with E-state index in [0.717, 1.165) is 12.2 Å². The Morgan fingerprint density at radius 1 is 1.18 bits per heavy atom. The molecule has 1 saturated heterocycles. The number of aromatic amines is 1. The molecule has 1 aromatic heterocycles. The van der Waals surface area contributed by atoms with Crippen molar-refractivity contribution in [1.82, 2.24) is 15.5 Å². The van der Waals surface area contributed by atoms with Crippen molar-refractivity contribution in [2.75, 3.05) is 6.54 Å². The molecule has 0 aliphatic carbocycles. The first-order valence-corrected chi connectivity index (χ1v) is 5.77. The van der Waals surface area contributed by atoms with Gasteiger partial charge in [-0.15, -0.1) is 12.4 Å². The van der Waals surface area contributed by atoms with Crippen LogP contribution in [-0.2, 0) is 0 Å². The number of hydrogen-bond acceptors (Lipinski definition) is 2. The van der Waals surface area contributed by atoms with Gasteiger partial charge in [0, 0.05) is 11.6 Å². The number of rotatable bonds is 2. The maximum absolute atomic E-state index is 4.37. The zero-order valence-corrected chi connectivity index (χ0v) is 10.3. The minimum Gasteiger partial charge on any atom is -0.309 e. The van der Waals surface area contributed by atoms with Crippen molar-refractivity contribution >= 4 is 12.4 Å². The molecule has 1 unspecified atom stereocenters. The summed E-state index contributed by atoms with van der Waals surface area (Å²) in [5.74, 6) is 0. The van der Waals surface area contributed by atoms with Gasteiger partial charge in [-0.1, -0.05) is 30.3 Å². The smallest absolute Gasteiger partial charge is 0.0924 e. The van der Waals surface area contributed by atoms with E-state index in [4.69, 9.17) is 0 Å². The van der Waals surface area contributed by atoms with Crippen molar-refractivity contribution in [2.24, 2.45) is 0 Å². The van der Waals surface area contributed by atoms with Gasteiger partial charge >= 0.3 is 0 Å².